The van der Waals surface area contributed by atoms with Crippen LogP contribution in [-0.2, 0) is 16.1 Å². The fourth-order valence-corrected chi connectivity index (χ4v) is 0.919. The van der Waals surface area contributed by atoms with Crippen molar-refractivity contribution >= 4 is 5.91 Å². The van der Waals surface area contributed by atoms with Gasteiger partial charge in [-0.1, -0.05) is 0 Å². The molecule has 0 aliphatic heterocycles. The molecule has 1 rings (SSSR count). The van der Waals surface area contributed by atoms with E-state index < -0.39 is 0 Å². The van der Waals surface area contributed by atoms with E-state index >= 15 is 0 Å². The molecule has 0 atom stereocenters. The Morgan fingerprint density at radius 2 is 2.50 bits per heavy atom. The number of aromatic amines is 1. The van der Waals surface area contributed by atoms with Crippen molar-refractivity contribution in [3.63, 3.8) is 0 Å². The van der Waals surface area contributed by atoms with Crippen molar-refractivity contribution in [3.05, 3.63) is 12.2 Å². The van der Waals surface area contributed by atoms with Crippen LogP contribution in [0.3, 0.4) is 0 Å². The Morgan fingerprint density at radius 1 is 1.71 bits per heavy atom. The van der Waals surface area contributed by atoms with E-state index in [1.54, 1.807) is 7.05 Å². The molecule has 0 unspecified atom stereocenters. The van der Waals surface area contributed by atoms with Gasteiger partial charge in [0.1, 0.15) is 18.8 Å². The Bertz CT molecular complexity index is 273. The molecule has 0 saturated heterocycles. The second kappa shape index (κ2) is 5.33. The molecule has 0 aromatic carbocycles. The molecule has 14 heavy (non-hydrogen) atoms. The summed E-state index contributed by atoms with van der Waals surface area (Å²) in [6.07, 6.45) is 1.41. The number of likely N-dealkylation sites (N-methyl/N-ethyl adjacent to an activating group) is 1. The third-order valence-corrected chi connectivity index (χ3v) is 1.71. The van der Waals surface area contributed by atoms with E-state index in [4.69, 9.17) is 4.74 Å². The Balaban J connectivity index is 2.34. The van der Waals surface area contributed by atoms with Crippen LogP contribution in [0.2, 0.25) is 0 Å². The number of hydrogen-bond acceptors (Lipinski definition) is 4. The summed E-state index contributed by atoms with van der Waals surface area (Å²) in [6.45, 7) is 2.93. The van der Waals surface area contributed by atoms with Gasteiger partial charge in [-0.15, -0.1) is 0 Å². The van der Waals surface area contributed by atoms with Crippen LogP contribution in [0.1, 0.15) is 12.7 Å². The summed E-state index contributed by atoms with van der Waals surface area (Å²) < 4.78 is 5.00. The quantitative estimate of drug-likeness (QED) is 0.711. The highest BCUT2D eigenvalue weighted by Gasteiger charge is 2.09. The maximum absolute atomic E-state index is 11.4. The van der Waals surface area contributed by atoms with Crippen LogP contribution in [-0.4, -0.2) is 46.2 Å². The molecule has 0 spiro atoms. The minimum absolute atomic E-state index is 0.0664. The van der Waals surface area contributed by atoms with Gasteiger partial charge in [0.25, 0.3) is 0 Å². The van der Waals surface area contributed by atoms with Gasteiger partial charge < -0.3 is 9.64 Å². The van der Waals surface area contributed by atoms with E-state index in [2.05, 4.69) is 15.2 Å². The fraction of sp³-hybridized carbons (Fsp3) is 0.625. The summed E-state index contributed by atoms with van der Waals surface area (Å²) in [4.78, 5) is 16.8. The van der Waals surface area contributed by atoms with Crippen LogP contribution in [0.15, 0.2) is 6.33 Å². The third kappa shape index (κ3) is 3.14. The Labute approximate surface area is 82.3 Å². The van der Waals surface area contributed by atoms with Crippen molar-refractivity contribution in [3.8, 4) is 0 Å². The first-order chi connectivity index (χ1) is 6.74. The first kappa shape index (κ1) is 10.6. The number of carbonyl (C=O) groups is 1. The lowest BCUT2D eigenvalue weighted by Crippen LogP contribution is -2.30. The first-order valence-corrected chi connectivity index (χ1v) is 4.40. The number of hydrogen-bond donors (Lipinski definition) is 1. The van der Waals surface area contributed by atoms with E-state index in [0.29, 0.717) is 19.0 Å². The molecule has 0 bridgehead atoms. The second-order valence-corrected chi connectivity index (χ2v) is 2.82. The standard InChI is InChI=1S/C8H14N4O2/c1-3-14-5-8(13)12(2)4-7-9-6-10-11-7/h6H,3-5H2,1-2H3,(H,9,10,11). The topological polar surface area (TPSA) is 71.1 Å². The predicted molar refractivity (Wildman–Crippen MR) is 49.3 cm³/mol. The van der Waals surface area contributed by atoms with Gasteiger partial charge >= 0.3 is 0 Å². The lowest BCUT2D eigenvalue weighted by molar-refractivity contribution is -0.135. The number of aromatic nitrogens is 3. The summed E-state index contributed by atoms with van der Waals surface area (Å²) in [6, 6.07) is 0. The van der Waals surface area contributed by atoms with Gasteiger partial charge in [-0.25, -0.2) is 4.98 Å². The molecule has 1 amide bonds. The van der Waals surface area contributed by atoms with Gasteiger partial charge in [-0.3, -0.25) is 9.89 Å². The number of ether oxygens (including phenoxy) is 1. The normalized spacial score (nSPS) is 10.1. The number of nitrogens with one attached hydrogen (secondary N) is 1. The number of amides is 1. The van der Waals surface area contributed by atoms with E-state index in [9.17, 15) is 4.79 Å². The van der Waals surface area contributed by atoms with Crippen molar-refractivity contribution in [2.75, 3.05) is 20.3 Å². The molecule has 0 radical (unpaired) electrons. The molecule has 6 heteroatoms. The van der Waals surface area contributed by atoms with Crippen molar-refractivity contribution in [1.82, 2.24) is 20.1 Å². The molecular formula is C8H14N4O2. The average Bonchev–Trinajstić information content (AvgIpc) is 2.66. The van der Waals surface area contributed by atoms with Crippen LogP contribution in [0, 0.1) is 0 Å². The highest BCUT2D eigenvalue weighted by molar-refractivity contribution is 5.77. The number of carbonyl (C=O) groups excluding carboxylic acids is 1. The fourth-order valence-electron chi connectivity index (χ4n) is 0.919. The molecule has 1 aromatic rings. The van der Waals surface area contributed by atoms with Crippen LogP contribution < -0.4 is 0 Å². The first-order valence-electron chi connectivity index (χ1n) is 4.40. The number of nitrogens with zero attached hydrogens (tertiary/aromatic N) is 3. The van der Waals surface area contributed by atoms with E-state index in [1.165, 1.54) is 11.2 Å². The molecule has 1 heterocycles. The minimum atomic E-state index is -0.0664. The molecule has 6 nitrogen and oxygen atoms in total. The molecule has 0 fully saturated rings. The lowest BCUT2D eigenvalue weighted by Gasteiger charge is -2.14. The molecule has 1 N–H and O–H groups in total. The van der Waals surface area contributed by atoms with Crippen LogP contribution in [0.4, 0.5) is 0 Å². The molecule has 1 aromatic heterocycles. The van der Waals surface area contributed by atoms with Crippen molar-refractivity contribution in [2.45, 2.75) is 13.5 Å². The molecular weight excluding hydrogens is 184 g/mol. The summed E-state index contributed by atoms with van der Waals surface area (Å²) in [5, 5.41) is 6.37. The van der Waals surface area contributed by atoms with Crippen molar-refractivity contribution < 1.29 is 9.53 Å². The summed E-state index contributed by atoms with van der Waals surface area (Å²) >= 11 is 0. The smallest absolute Gasteiger partial charge is 0.248 e. The number of H-pyrrole nitrogens is 1. The van der Waals surface area contributed by atoms with E-state index in [1.807, 2.05) is 6.92 Å². The van der Waals surface area contributed by atoms with Gasteiger partial charge in [0.05, 0.1) is 6.54 Å². The van der Waals surface area contributed by atoms with Gasteiger partial charge in [0.15, 0.2) is 0 Å². The largest absolute Gasteiger partial charge is 0.372 e. The van der Waals surface area contributed by atoms with Gasteiger partial charge in [-0.2, -0.15) is 5.10 Å². The molecule has 78 valence electrons. The summed E-state index contributed by atoms with van der Waals surface area (Å²) in [7, 11) is 1.70. The zero-order valence-electron chi connectivity index (χ0n) is 8.36. The molecule has 0 saturated carbocycles. The van der Waals surface area contributed by atoms with Crippen LogP contribution >= 0.6 is 0 Å². The average molecular weight is 198 g/mol. The van der Waals surface area contributed by atoms with Crippen molar-refractivity contribution in [2.24, 2.45) is 0 Å². The van der Waals surface area contributed by atoms with Crippen LogP contribution in [0.5, 0.6) is 0 Å². The number of rotatable bonds is 5. The predicted octanol–water partition coefficient (Wildman–Crippen LogP) is -0.200. The summed E-state index contributed by atoms with van der Waals surface area (Å²) in [5.74, 6) is 0.598. The van der Waals surface area contributed by atoms with Gasteiger partial charge in [0, 0.05) is 13.7 Å². The van der Waals surface area contributed by atoms with E-state index in [0.717, 1.165) is 0 Å². The highest BCUT2D eigenvalue weighted by atomic mass is 16.5. The van der Waals surface area contributed by atoms with E-state index in [-0.39, 0.29) is 12.5 Å². The second-order valence-electron chi connectivity index (χ2n) is 2.82. The lowest BCUT2D eigenvalue weighted by atomic mass is 10.5. The Hall–Kier alpha value is -1.43. The summed E-state index contributed by atoms with van der Waals surface area (Å²) in [5.41, 5.74) is 0. The Morgan fingerprint density at radius 3 is 3.07 bits per heavy atom. The zero-order chi connectivity index (χ0) is 10.4. The maximum atomic E-state index is 11.4. The third-order valence-electron chi connectivity index (χ3n) is 1.71. The van der Waals surface area contributed by atoms with Gasteiger partial charge in [-0.05, 0) is 6.92 Å². The van der Waals surface area contributed by atoms with Crippen LogP contribution in [0.25, 0.3) is 0 Å². The SMILES string of the molecule is CCOCC(=O)N(C)Cc1ncn[nH]1. The zero-order valence-corrected chi connectivity index (χ0v) is 8.36. The van der Waals surface area contributed by atoms with Gasteiger partial charge in [0.2, 0.25) is 5.91 Å². The maximum Gasteiger partial charge on any atom is 0.248 e. The molecule has 0 aliphatic rings. The minimum Gasteiger partial charge on any atom is -0.372 e. The van der Waals surface area contributed by atoms with Crippen molar-refractivity contribution in [1.29, 1.82) is 0 Å². The molecule has 0 aliphatic carbocycles. The monoisotopic (exact) mass is 198 g/mol. The Kier molecular flexibility index (Phi) is 4.06. The highest BCUT2D eigenvalue weighted by Crippen LogP contribution is 1.94.